The summed E-state index contributed by atoms with van der Waals surface area (Å²) in [7, 11) is 0. The average Bonchev–Trinajstić information content (AvgIpc) is 2.46. The standard InChI is InChI=1S/C15H20FN3O/c1-11(20)15-13(16)3-2-4-14(15)17-9-12-10-18-5-7-19(12)8-6-18/h2-4,12,17H,5-10H2,1H3. The lowest BCUT2D eigenvalue weighted by Gasteiger charge is -2.47. The number of benzene rings is 1. The molecule has 3 fully saturated rings. The number of halogens is 1. The van der Waals surface area contributed by atoms with Gasteiger partial charge in [0.25, 0.3) is 0 Å². The van der Waals surface area contributed by atoms with Crippen LogP contribution in [0.1, 0.15) is 17.3 Å². The van der Waals surface area contributed by atoms with Crippen molar-refractivity contribution in [1.29, 1.82) is 0 Å². The van der Waals surface area contributed by atoms with Crippen molar-refractivity contribution >= 4 is 11.5 Å². The number of piperazine rings is 3. The van der Waals surface area contributed by atoms with E-state index in [1.165, 1.54) is 13.0 Å². The smallest absolute Gasteiger partial charge is 0.164 e. The summed E-state index contributed by atoms with van der Waals surface area (Å²) < 4.78 is 13.7. The van der Waals surface area contributed by atoms with E-state index in [9.17, 15) is 9.18 Å². The molecule has 4 nitrogen and oxygen atoms in total. The predicted molar refractivity (Wildman–Crippen MR) is 76.7 cm³/mol. The Kier molecular flexibility index (Phi) is 3.72. The second-order valence-corrected chi connectivity index (χ2v) is 5.59. The molecule has 3 heterocycles. The van der Waals surface area contributed by atoms with E-state index in [1.807, 2.05) is 0 Å². The summed E-state index contributed by atoms with van der Waals surface area (Å²) in [5, 5.41) is 3.26. The molecule has 3 saturated heterocycles. The lowest BCUT2D eigenvalue weighted by molar-refractivity contribution is 0.0189. The van der Waals surface area contributed by atoms with E-state index >= 15 is 0 Å². The number of hydrogen-bond acceptors (Lipinski definition) is 4. The van der Waals surface area contributed by atoms with Crippen molar-refractivity contribution in [2.45, 2.75) is 13.0 Å². The zero-order valence-corrected chi connectivity index (χ0v) is 11.7. The van der Waals surface area contributed by atoms with Gasteiger partial charge in [-0.1, -0.05) is 6.07 Å². The number of Topliss-reactive ketones (excluding diaryl/α,β-unsaturated/α-hetero) is 1. The third kappa shape index (κ3) is 2.55. The van der Waals surface area contributed by atoms with Crippen LogP contribution in [0.15, 0.2) is 18.2 Å². The Balaban J connectivity index is 1.70. The maximum atomic E-state index is 13.7. The van der Waals surface area contributed by atoms with Gasteiger partial charge >= 0.3 is 0 Å². The highest BCUT2D eigenvalue weighted by molar-refractivity contribution is 5.99. The molecule has 3 aliphatic heterocycles. The molecule has 1 aromatic rings. The molecule has 4 rings (SSSR count). The van der Waals surface area contributed by atoms with Gasteiger partial charge in [0.05, 0.1) is 5.56 Å². The van der Waals surface area contributed by atoms with E-state index in [4.69, 9.17) is 0 Å². The molecule has 0 radical (unpaired) electrons. The van der Waals surface area contributed by atoms with Crippen LogP contribution in [0.3, 0.4) is 0 Å². The normalized spacial score (nSPS) is 28.4. The van der Waals surface area contributed by atoms with Gasteiger partial charge in [0, 0.05) is 51.0 Å². The van der Waals surface area contributed by atoms with Crippen LogP contribution in [0.25, 0.3) is 0 Å². The third-order valence-corrected chi connectivity index (χ3v) is 4.29. The summed E-state index contributed by atoms with van der Waals surface area (Å²) in [5.74, 6) is -0.684. The molecule has 0 aromatic heterocycles. The van der Waals surface area contributed by atoms with E-state index in [-0.39, 0.29) is 11.3 Å². The molecule has 2 bridgehead atoms. The number of rotatable bonds is 4. The molecular weight excluding hydrogens is 257 g/mol. The largest absolute Gasteiger partial charge is 0.383 e. The Labute approximate surface area is 118 Å². The van der Waals surface area contributed by atoms with Crippen molar-refractivity contribution in [1.82, 2.24) is 9.80 Å². The molecule has 1 atom stereocenters. The van der Waals surface area contributed by atoms with Crippen molar-refractivity contribution in [3.05, 3.63) is 29.6 Å². The zero-order valence-electron chi connectivity index (χ0n) is 11.7. The van der Waals surface area contributed by atoms with E-state index < -0.39 is 5.82 Å². The highest BCUT2D eigenvalue weighted by atomic mass is 19.1. The molecule has 0 amide bonds. The Morgan fingerprint density at radius 3 is 2.70 bits per heavy atom. The number of nitrogens with zero attached hydrogens (tertiary/aromatic N) is 2. The fraction of sp³-hybridized carbons (Fsp3) is 0.533. The SMILES string of the molecule is CC(=O)c1c(F)cccc1NCC1CN2CCN1CC2. The van der Waals surface area contributed by atoms with Crippen LogP contribution in [0, 0.1) is 5.82 Å². The van der Waals surface area contributed by atoms with Crippen LogP contribution >= 0.6 is 0 Å². The van der Waals surface area contributed by atoms with Gasteiger partial charge in [-0.25, -0.2) is 4.39 Å². The van der Waals surface area contributed by atoms with Crippen molar-refractivity contribution in [2.24, 2.45) is 0 Å². The maximum absolute atomic E-state index is 13.7. The summed E-state index contributed by atoms with van der Waals surface area (Å²) in [6.07, 6.45) is 0. The van der Waals surface area contributed by atoms with Crippen LogP contribution in [0.4, 0.5) is 10.1 Å². The van der Waals surface area contributed by atoms with Gasteiger partial charge in [-0.15, -0.1) is 0 Å². The number of nitrogens with one attached hydrogen (secondary N) is 1. The van der Waals surface area contributed by atoms with Gasteiger partial charge in [-0.2, -0.15) is 0 Å². The molecule has 108 valence electrons. The maximum Gasteiger partial charge on any atom is 0.164 e. The lowest BCUT2D eigenvalue weighted by atomic mass is 10.1. The fourth-order valence-corrected chi connectivity index (χ4v) is 3.18. The Morgan fingerprint density at radius 1 is 1.35 bits per heavy atom. The van der Waals surface area contributed by atoms with Gasteiger partial charge in [0.2, 0.25) is 0 Å². The molecule has 0 saturated carbocycles. The highest BCUT2D eigenvalue weighted by Gasteiger charge is 2.31. The van der Waals surface area contributed by atoms with Crippen LogP contribution in [0.2, 0.25) is 0 Å². The summed E-state index contributed by atoms with van der Waals surface area (Å²) >= 11 is 0. The summed E-state index contributed by atoms with van der Waals surface area (Å²) in [5.41, 5.74) is 0.777. The second kappa shape index (κ2) is 5.50. The first-order valence-electron chi connectivity index (χ1n) is 7.15. The molecular formula is C15H20FN3O. The first kappa shape index (κ1) is 13.5. The molecule has 1 N–H and O–H groups in total. The van der Waals surface area contributed by atoms with Crippen LogP contribution < -0.4 is 5.32 Å². The molecule has 20 heavy (non-hydrogen) atoms. The average molecular weight is 277 g/mol. The fourth-order valence-electron chi connectivity index (χ4n) is 3.18. The minimum absolute atomic E-state index is 0.170. The van der Waals surface area contributed by atoms with Gasteiger partial charge in [-0.3, -0.25) is 14.6 Å². The number of fused-ring (bicyclic) bond motifs is 3. The van der Waals surface area contributed by atoms with E-state index in [1.54, 1.807) is 12.1 Å². The number of anilines is 1. The highest BCUT2D eigenvalue weighted by Crippen LogP contribution is 2.21. The number of carbonyl (C=O) groups excluding carboxylic acids is 1. The summed E-state index contributed by atoms with van der Waals surface area (Å²) in [4.78, 5) is 16.5. The number of ketones is 1. The van der Waals surface area contributed by atoms with E-state index in [0.29, 0.717) is 11.7 Å². The van der Waals surface area contributed by atoms with Crippen LogP contribution in [-0.2, 0) is 0 Å². The third-order valence-electron chi connectivity index (χ3n) is 4.29. The summed E-state index contributed by atoms with van der Waals surface area (Å²) in [6, 6.07) is 5.19. The Hall–Kier alpha value is -1.46. The van der Waals surface area contributed by atoms with Crippen LogP contribution in [0.5, 0.6) is 0 Å². The first-order valence-corrected chi connectivity index (χ1v) is 7.15. The molecule has 0 aliphatic carbocycles. The van der Waals surface area contributed by atoms with Crippen LogP contribution in [-0.4, -0.2) is 60.9 Å². The van der Waals surface area contributed by atoms with Gasteiger partial charge in [0.15, 0.2) is 5.78 Å². The van der Waals surface area contributed by atoms with Gasteiger partial charge < -0.3 is 5.32 Å². The topological polar surface area (TPSA) is 35.6 Å². The lowest BCUT2D eigenvalue weighted by Crippen LogP contribution is -2.62. The first-order chi connectivity index (χ1) is 9.65. The van der Waals surface area contributed by atoms with Crippen molar-refractivity contribution in [3.8, 4) is 0 Å². The minimum Gasteiger partial charge on any atom is -0.383 e. The minimum atomic E-state index is -0.447. The monoisotopic (exact) mass is 277 g/mol. The quantitative estimate of drug-likeness (QED) is 0.845. The van der Waals surface area contributed by atoms with Crippen molar-refractivity contribution < 1.29 is 9.18 Å². The Morgan fingerprint density at radius 2 is 2.10 bits per heavy atom. The number of carbonyl (C=O) groups is 1. The Bertz CT molecular complexity index is 512. The molecule has 0 spiro atoms. The molecule has 1 aromatic carbocycles. The molecule has 3 aliphatic rings. The van der Waals surface area contributed by atoms with E-state index in [0.717, 1.165) is 39.3 Å². The van der Waals surface area contributed by atoms with Gasteiger partial charge in [-0.05, 0) is 19.1 Å². The van der Waals surface area contributed by atoms with Crippen molar-refractivity contribution in [2.75, 3.05) is 44.6 Å². The summed E-state index contributed by atoms with van der Waals surface area (Å²) in [6.45, 7) is 7.72. The van der Waals surface area contributed by atoms with E-state index in [2.05, 4.69) is 15.1 Å². The molecule has 1 unspecified atom stereocenters. The second-order valence-electron chi connectivity index (χ2n) is 5.59. The zero-order chi connectivity index (χ0) is 14.1. The molecule has 5 heteroatoms. The van der Waals surface area contributed by atoms with Crippen molar-refractivity contribution in [3.63, 3.8) is 0 Å². The van der Waals surface area contributed by atoms with Gasteiger partial charge in [0.1, 0.15) is 5.82 Å². The predicted octanol–water partition coefficient (Wildman–Crippen LogP) is 1.44. The number of hydrogen-bond donors (Lipinski definition) is 1.